The lowest BCUT2D eigenvalue weighted by Crippen LogP contribution is -2.25. The van der Waals surface area contributed by atoms with E-state index in [2.05, 4.69) is 30.4 Å². The Labute approximate surface area is 121 Å². The highest BCUT2D eigenvalue weighted by Gasteiger charge is 2.20. The number of nitrogens with one attached hydrogen (secondary N) is 1. The van der Waals surface area contributed by atoms with Crippen LogP contribution in [-0.4, -0.2) is 26.4 Å². The Morgan fingerprint density at radius 1 is 1.35 bits per heavy atom. The zero-order chi connectivity index (χ0) is 13.8. The lowest BCUT2D eigenvalue weighted by Gasteiger charge is -2.26. The van der Waals surface area contributed by atoms with Crippen molar-refractivity contribution in [2.45, 2.75) is 38.6 Å². The third-order valence-electron chi connectivity index (χ3n) is 4.39. The zero-order valence-electron chi connectivity index (χ0n) is 12.4. The molecule has 1 aliphatic heterocycles. The molecule has 0 radical (unpaired) electrons. The summed E-state index contributed by atoms with van der Waals surface area (Å²) in [5.41, 5.74) is 2.93. The molecule has 0 amide bonds. The minimum atomic E-state index is 0.502. The van der Waals surface area contributed by atoms with Crippen LogP contribution in [0.3, 0.4) is 0 Å². The van der Waals surface area contributed by atoms with E-state index >= 15 is 0 Å². The Balaban J connectivity index is 1.68. The SMILES string of the molecule is CCNC1CCCc2ccc(OCC3CCOC3)cc21. The maximum Gasteiger partial charge on any atom is 0.119 e. The molecule has 1 fully saturated rings. The molecule has 1 saturated heterocycles. The van der Waals surface area contributed by atoms with Gasteiger partial charge in [0.15, 0.2) is 0 Å². The van der Waals surface area contributed by atoms with Crippen LogP contribution in [0.4, 0.5) is 0 Å². The van der Waals surface area contributed by atoms with Gasteiger partial charge >= 0.3 is 0 Å². The summed E-state index contributed by atoms with van der Waals surface area (Å²) in [4.78, 5) is 0. The van der Waals surface area contributed by atoms with Gasteiger partial charge in [-0.05, 0) is 55.5 Å². The monoisotopic (exact) mass is 275 g/mol. The van der Waals surface area contributed by atoms with Gasteiger partial charge in [-0.3, -0.25) is 0 Å². The smallest absolute Gasteiger partial charge is 0.119 e. The predicted molar refractivity (Wildman–Crippen MR) is 80.2 cm³/mol. The normalized spacial score (nSPS) is 25.4. The van der Waals surface area contributed by atoms with E-state index in [0.29, 0.717) is 12.0 Å². The number of hydrogen-bond acceptors (Lipinski definition) is 3. The van der Waals surface area contributed by atoms with Crippen LogP contribution in [0.5, 0.6) is 5.75 Å². The third-order valence-corrected chi connectivity index (χ3v) is 4.39. The van der Waals surface area contributed by atoms with Crippen LogP contribution in [0.25, 0.3) is 0 Å². The van der Waals surface area contributed by atoms with Crippen LogP contribution in [0.15, 0.2) is 18.2 Å². The first-order valence-corrected chi connectivity index (χ1v) is 7.93. The van der Waals surface area contributed by atoms with Gasteiger partial charge in [-0.15, -0.1) is 0 Å². The first-order chi connectivity index (χ1) is 9.86. The highest BCUT2D eigenvalue weighted by atomic mass is 16.5. The Morgan fingerprint density at radius 3 is 3.10 bits per heavy atom. The predicted octanol–water partition coefficient (Wildman–Crippen LogP) is 3.09. The fourth-order valence-corrected chi connectivity index (χ4v) is 3.25. The van der Waals surface area contributed by atoms with Crippen molar-refractivity contribution in [3.05, 3.63) is 29.3 Å². The molecular formula is C17H25NO2. The van der Waals surface area contributed by atoms with Crippen LogP contribution in [-0.2, 0) is 11.2 Å². The van der Waals surface area contributed by atoms with Crippen LogP contribution in [0.1, 0.15) is 43.4 Å². The Hall–Kier alpha value is -1.06. The minimum Gasteiger partial charge on any atom is -0.493 e. The second-order valence-corrected chi connectivity index (χ2v) is 5.90. The Bertz CT molecular complexity index is 441. The third kappa shape index (κ3) is 3.15. The van der Waals surface area contributed by atoms with Crippen molar-refractivity contribution < 1.29 is 9.47 Å². The lowest BCUT2D eigenvalue weighted by atomic mass is 9.87. The van der Waals surface area contributed by atoms with Gasteiger partial charge in [0.25, 0.3) is 0 Å². The molecule has 0 spiro atoms. The van der Waals surface area contributed by atoms with Gasteiger partial charge in [-0.2, -0.15) is 0 Å². The molecule has 1 aromatic rings. The van der Waals surface area contributed by atoms with Gasteiger partial charge in [0, 0.05) is 18.6 Å². The summed E-state index contributed by atoms with van der Waals surface area (Å²) in [7, 11) is 0. The topological polar surface area (TPSA) is 30.5 Å². The van der Waals surface area contributed by atoms with E-state index in [1.54, 1.807) is 0 Å². The largest absolute Gasteiger partial charge is 0.493 e. The van der Waals surface area contributed by atoms with Gasteiger partial charge in [0.1, 0.15) is 5.75 Å². The number of fused-ring (bicyclic) bond motifs is 1. The molecule has 1 aromatic carbocycles. The summed E-state index contributed by atoms with van der Waals surface area (Å²) in [5, 5.41) is 3.59. The van der Waals surface area contributed by atoms with E-state index in [4.69, 9.17) is 9.47 Å². The summed E-state index contributed by atoms with van der Waals surface area (Å²) in [5.74, 6) is 1.58. The van der Waals surface area contributed by atoms with Gasteiger partial charge in [0.2, 0.25) is 0 Å². The standard InChI is InChI=1S/C17H25NO2/c1-2-18-17-5-3-4-14-6-7-15(10-16(14)17)20-12-13-8-9-19-11-13/h6-7,10,13,17-18H,2-5,8-9,11-12H2,1H3. The number of rotatable bonds is 5. The second-order valence-electron chi connectivity index (χ2n) is 5.90. The molecule has 3 nitrogen and oxygen atoms in total. The van der Waals surface area contributed by atoms with Crippen LogP contribution in [0.2, 0.25) is 0 Å². The van der Waals surface area contributed by atoms with Crippen molar-refractivity contribution in [2.24, 2.45) is 5.92 Å². The van der Waals surface area contributed by atoms with Crippen molar-refractivity contribution in [3.8, 4) is 5.75 Å². The molecule has 0 saturated carbocycles. The van der Waals surface area contributed by atoms with Crippen molar-refractivity contribution in [2.75, 3.05) is 26.4 Å². The highest BCUT2D eigenvalue weighted by molar-refractivity contribution is 5.39. The number of benzene rings is 1. The number of aryl methyl sites for hydroxylation is 1. The van der Waals surface area contributed by atoms with Crippen LogP contribution >= 0.6 is 0 Å². The van der Waals surface area contributed by atoms with E-state index in [-0.39, 0.29) is 0 Å². The maximum atomic E-state index is 5.97. The molecule has 2 unspecified atom stereocenters. The highest BCUT2D eigenvalue weighted by Crippen LogP contribution is 2.32. The lowest BCUT2D eigenvalue weighted by molar-refractivity contribution is 0.167. The number of ether oxygens (including phenoxy) is 2. The molecular weight excluding hydrogens is 250 g/mol. The first kappa shape index (κ1) is 13.9. The summed E-state index contributed by atoms with van der Waals surface area (Å²) in [6.07, 6.45) is 4.85. The molecule has 2 aliphatic rings. The average molecular weight is 275 g/mol. The molecule has 2 atom stereocenters. The summed E-state index contributed by atoms with van der Waals surface area (Å²) in [6, 6.07) is 7.13. The van der Waals surface area contributed by atoms with E-state index < -0.39 is 0 Å². The summed E-state index contributed by atoms with van der Waals surface area (Å²) >= 11 is 0. The van der Waals surface area contributed by atoms with Gasteiger partial charge in [-0.1, -0.05) is 13.0 Å². The first-order valence-electron chi connectivity index (χ1n) is 7.93. The quantitative estimate of drug-likeness (QED) is 0.895. The van der Waals surface area contributed by atoms with E-state index in [1.165, 1.54) is 30.4 Å². The van der Waals surface area contributed by atoms with E-state index in [1.807, 2.05) is 0 Å². The molecule has 0 aromatic heterocycles. The van der Waals surface area contributed by atoms with Crippen molar-refractivity contribution >= 4 is 0 Å². The fraction of sp³-hybridized carbons (Fsp3) is 0.647. The molecule has 1 heterocycles. The molecule has 110 valence electrons. The van der Waals surface area contributed by atoms with E-state index in [0.717, 1.165) is 38.5 Å². The minimum absolute atomic E-state index is 0.502. The summed E-state index contributed by atoms with van der Waals surface area (Å²) < 4.78 is 11.4. The molecule has 1 N–H and O–H groups in total. The Kier molecular flexibility index (Phi) is 4.58. The van der Waals surface area contributed by atoms with Crippen molar-refractivity contribution in [3.63, 3.8) is 0 Å². The average Bonchev–Trinajstić information content (AvgIpc) is 2.99. The molecule has 20 heavy (non-hydrogen) atoms. The molecule has 0 bridgehead atoms. The Morgan fingerprint density at radius 2 is 2.30 bits per heavy atom. The van der Waals surface area contributed by atoms with Crippen molar-refractivity contribution in [1.29, 1.82) is 0 Å². The van der Waals surface area contributed by atoms with Crippen LogP contribution in [0, 0.1) is 5.92 Å². The zero-order valence-corrected chi connectivity index (χ0v) is 12.4. The summed E-state index contributed by atoms with van der Waals surface area (Å²) in [6.45, 7) is 5.72. The van der Waals surface area contributed by atoms with Crippen LogP contribution < -0.4 is 10.1 Å². The molecule has 3 rings (SSSR count). The van der Waals surface area contributed by atoms with Gasteiger partial charge in [0.05, 0.1) is 13.2 Å². The molecule has 3 heteroatoms. The second kappa shape index (κ2) is 6.59. The van der Waals surface area contributed by atoms with E-state index in [9.17, 15) is 0 Å². The van der Waals surface area contributed by atoms with Gasteiger partial charge in [-0.25, -0.2) is 0 Å². The van der Waals surface area contributed by atoms with Gasteiger partial charge < -0.3 is 14.8 Å². The maximum absolute atomic E-state index is 5.97. The molecule has 1 aliphatic carbocycles. The fourth-order valence-electron chi connectivity index (χ4n) is 3.25. The van der Waals surface area contributed by atoms with Crippen molar-refractivity contribution in [1.82, 2.24) is 5.32 Å². The number of hydrogen-bond donors (Lipinski definition) is 1.